The molecule has 0 aromatic carbocycles. The number of pyridine rings is 1. The summed E-state index contributed by atoms with van der Waals surface area (Å²) in [6, 6.07) is 6.21. The highest BCUT2D eigenvalue weighted by molar-refractivity contribution is 6.11. The maximum absolute atomic E-state index is 12.0. The first-order valence-corrected chi connectivity index (χ1v) is 5.97. The lowest BCUT2D eigenvalue weighted by atomic mass is 10.2. The maximum atomic E-state index is 12.0. The number of amides is 2. The summed E-state index contributed by atoms with van der Waals surface area (Å²) in [5.74, 6) is -0.367. The van der Waals surface area contributed by atoms with Crippen molar-refractivity contribution in [1.82, 2.24) is 4.98 Å². The van der Waals surface area contributed by atoms with Crippen LogP contribution in [0, 0.1) is 0 Å². The van der Waals surface area contributed by atoms with E-state index in [1.807, 2.05) is 0 Å². The molecule has 0 atom stereocenters. The van der Waals surface area contributed by atoms with Crippen molar-refractivity contribution in [2.45, 2.75) is 6.92 Å². The summed E-state index contributed by atoms with van der Waals surface area (Å²) >= 11 is 0. The van der Waals surface area contributed by atoms with Crippen LogP contribution in [0.5, 0.6) is 0 Å². The summed E-state index contributed by atoms with van der Waals surface area (Å²) in [7, 11) is 1.11. The number of imide groups is 1. The lowest BCUT2D eigenvalue weighted by Crippen LogP contribution is -2.38. The van der Waals surface area contributed by atoms with Gasteiger partial charge in [0.1, 0.15) is 11.4 Å². The molecule has 7 nitrogen and oxygen atoms in total. The molecule has 0 aliphatic carbocycles. The fraction of sp³-hybridized carbons (Fsp3) is 0.143. The Morgan fingerprint density at radius 1 is 1.29 bits per heavy atom. The molecule has 21 heavy (non-hydrogen) atoms. The third-order valence-electron chi connectivity index (χ3n) is 2.66. The molecule has 0 bridgehead atoms. The standard InChI is InChI=1S/C14H12N2O5/c1-9(17)16(14(19)20-2)11-5-6-12(21-13(11)18)10-4-3-7-15-8-10/h3-8H,1-2H3. The topological polar surface area (TPSA) is 89.7 Å². The van der Waals surface area contributed by atoms with Gasteiger partial charge >= 0.3 is 11.7 Å². The smallest absolute Gasteiger partial charge is 0.421 e. The Morgan fingerprint density at radius 2 is 2.05 bits per heavy atom. The Bertz CT molecular complexity index is 724. The van der Waals surface area contributed by atoms with E-state index in [2.05, 4.69) is 9.72 Å². The minimum Gasteiger partial charge on any atom is -0.452 e. The SMILES string of the molecule is COC(=O)N(C(C)=O)c1ccc(-c2cccnc2)oc1=O. The van der Waals surface area contributed by atoms with Gasteiger partial charge in [-0.05, 0) is 24.3 Å². The minimum absolute atomic E-state index is 0.206. The molecule has 2 rings (SSSR count). The second kappa shape index (κ2) is 6.00. The van der Waals surface area contributed by atoms with E-state index in [-0.39, 0.29) is 11.4 Å². The molecule has 2 aromatic rings. The summed E-state index contributed by atoms with van der Waals surface area (Å²) in [6.45, 7) is 1.14. The molecule has 0 N–H and O–H groups in total. The van der Waals surface area contributed by atoms with Gasteiger partial charge in [0.25, 0.3) is 0 Å². The normalized spacial score (nSPS) is 10.0. The average molecular weight is 288 g/mol. The first-order valence-electron chi connectivity index (χ1n) is 5.97. The summed E-state index contributed by atoms with van der Waals surface area (Å²) in [5.41, 5.74) is -0.424. The van der Waals surface area contributed by atoms with Gasteiger partial charge in [0.2, 0.25) is 5.91 Å². The van der Waals surface area contributed by atoms with E-state index in [1.165, 1.54) is 18.3 Å². The highest BCUT2D eigenvalue weighted by atomic mass is 16.5. The summed E-state index contributed by atoms with van der Waals surface area (Å²) in [6.07, 6.45) is 2.16. The van der Waals surface area contributed by atoms with Crippen molar-refractivity contribution in [2.75, 3.05) is 12.0 Å². The van der Waals surface area contributed by atoms with E-state index >= 15 is 0 Å². The molecular weight excluding hydrogens is 276 g/mol. The first kappa shape index (κ1) is 14.4. The number of carbonyl (C=O) groups is 2. The van der Waals surface area contributed by atoms with Crippen molar-refractivity contribution in [2.24, 2.45) is 0 Å². The van der Waals surface area contributed by atoms with Crippen LogP contribution in [-0.2, 0) is 9.53 Å². The predicted molar refractivity (Wildman–Crippen MR) is 73.8 cm³/mol. The number of aromatic nitrogens is 1. The number of ether oxygens (including phenoxy) is 1. The predicted octanol–water partition coefficient (Wildman–Crippen LogP) is 1.82. The van der Waals surface area contributed by atoms with Crippen LogP contribution in [0.1, 0.15) is 6.92 Å². The zero-order valence-corrected chi connectivity index (χ0v) is 11.4. The van der Waals surface area contributed by atoms with Gasteiger partial charge < -0.3 is 9.15 Å². The lowest BCUT2D eigenvalue weighted by molar-refractivity contribution is -0.116. The van der Waals surface area contributed by atoms with Crippen LogP contribution < -0.4 is 10.5 Å². The number of nitrogens with zero attached hydrogens (tertiary/aromatic N) is 2. The zero-order valence-electron chi connectivity index (χ0n) is 11.4. The Hall–Kier alpha value is -2.96. The van der Waals surface area contributed by atoms with E-state index in [4.69, 9.17) is 4.42 Å². The molecule has 7 heteroatoms. The number of rotatable bonds is 2. The monoisotopic (exact) mass is 288 g/mol. The van der Waals surface area contributed by atoms with E-state index in [9.17, 15) is 14.4 Å². The molecule has 0 saturated heterocycles. The van der Waals surface area contributed by atoms with Gasteiger partial charge in [-0.25, -0.2) is 14.5 Å². The Kier molecular flexibility index (Phi) is 4.13. The summed E-state index contributed by atoms with van der Waals surface area (Å²) in [5, 5.41) is 0. The molecule has 0 radical (unpaired) electrons. The molecule has 0 fully saturated rings. The van der Waals surface area contributed by atoms with E-state index < -0.39 is 17.6 Å². The molecule has 0 aliphatic heterocycles. The van der Waals surface area contributed by atoms with Crippen LogP contribution in [0.2, 0.25) is 0 Å². The van der Waals surface area contributed by atoms with Crippen molar-refractivity contribution in [3.05, 3.63) is 47.1 Å². The van der Waals surface area contributed by atoms with Crippen LogP contribution >= 0.6 is 0 Å². The number of anilines is 1. The number of carbonyl (C=O) groups excluding carboxylic acids is 2. The van der Waals surface area contributed by atoms with Gasteiger partial charge in [0.05, 0.1) is 7.11 Å². The average Bonchev–Trinajstić information content (AvgIpc) is 2.49. The van der Waals surface area contributed by atoms with Gasteiger partial charge in [0, 0.05) is 24.9 Å². The fourth-order valence-electron chi connectivity index (χ4n) is 1.73. The molecule has 0 saturated carbocycles. The third kappa shape index (κ3) is 2.97. The minimum atomic E-state index is -0.955. The van der Waals surface area contributed by atoms with Gasteiger partial charge in [-0.1, -0.05) is 0 Å². The Balaban J connectivity index is 2.46. The molecule has 108 valence electrons. The molecule has 2 aromatic heterocycles. The van der Waals surface area contributed by atoms with Crippen LogP contribution in [0.4, 0.5) is 10.5 Å². The Morgan fingerprint density at radius 3 is 2.57 bits per heavy atom. The molecule has 0 spiro atoms. The molecule has 0 aliphatic rings. The largest absolute Gasteiger partial charge is 0.452 e. The van der Waals surface area contributed by atoms with E-state index in [1.54, 1.807) is 18.3 Å². The van der Waals surface area contributed by atoms with Gasteiger partial charge in [0.15, 0.2) is 0 Å². The lowest BCUT2D eigenvalue weighted by Gasteiger charge is -2.15. The highest BCUT2D eigenvalue weighted by Crippen LogP contribution is 2.19. The van der Waals surface area contributed by atoms with Crippen molar-refractivity contribution < 1.29 is 18.7 Å². The third-order valence-corrected chi connectivity index (χ3v) is 2.66. The number of hydrogen-bond donors (Lipinski definition) is 0. The zero-order chi connectivity index (χ0) is 15.4. The van der Waals surface area contributed by atoms with Crippen LogP contribution in [0.15, 0.2) is 45.9 Å². The van der Waals surface area contributed by atoms with Crippen molar-refractivity contribution >= 4 is 17.7 Å². The maximum Gasteiger partial charge on any atom is 0.421 e. The number of hydrogen-bond acceptors (Lipinski definition) is 6. The fourth-order valence-corrected chi connectivity index (χ4v) is 1.73. The van der Waals surface area contributed by atoms with Gasteiger partial charge in [-0.2, -0.15) is 0 Å². The van der Waals surface area contributed by atoms with Crippen LogP contribution in [0.3, 0.4) is 0 Å². The summed E-state index contributed by atoms with van der Waals surface area (Å²) < 4.78 is 9.60. The van der Waals surface area contributed by atoms with Gasteiger partial charge in [-0.3, -0.25) is 9.78 Å². The second-order valence-electron chi connectivity index (χ2n) is 4.04. The Labute approximate surface area is 119 Å². The molecular formula is C14H12N2O5. The highest BCUT2D eigenvalue weighted by Gasteiger charge is 2.24. The van der Waals surface area contributed by atoms with E-state index in [0.29, 0.717) is 10.5 Å². The van der Waals surface area contributed by atoms with Crippen LogP contribution in [-0.4, -0.2) is 24.1 Å². The van der Waals surface area contributed by atoms with Crippen molar-refractivity contribution in [1.29, 1.82) is 0 Å². The summed E-state index contributed by atoms with van der Waals surface area (Å²) in [4.78, 5) is 39.6. The van der Waals surface area contributed by atoms with Crippen molar-refractivity contribution in [3.63, 3.8) is 0 Å². The molecule has 2 heterocycles. The van der Waals surface area contributed by atoms with Crippen LogP contribution in [0.25, 0.3) is 11.3 Å². The number of methoxy groups -OCH3 is 1. The molecule has 2 amide bonds. The second-order valence-corrected chi connectivity index (χ2v) is 4.04. The van der Waals surface area contributed by atoms with E-state index in [0.717, 1.165) is 14.0 Å². The van der Waals surface area contributed by atoms with Gasteiger partial charge in [-0.15, -0.1) is 0 Å². The van der Waals surface area contributed by atoms with Crippen molar-refractivity contribution in [3.8, 4) is 11.3 Å². The quantitative estimate of drug-likeness (QED) is 0.837. The first-order chi connectivity index (χ1) is 10.0. The molecule has 0 unspecified atom stereocenters.